The summed E-state index contributed by atoms with van der Waals surface area (Å²) in [5.74, 6) is 2.21. The number of hydrogen-bond acceptors (Lipinski definition) is 4. The van der Waals surface area contributed by atoms with Gasteiger partial charge in [0, 0.05) is 54.9 Å². The molecule has 2 saturated heterocycles. The highest BCUT2D eigenvalue weighted by atomic mass is 127. The molecule has 30 heavy (non-hydrogen) atoms. The zero-order valence-electron chi connectivity index (χ0n) is 18.9. The number of benzene rings is 1. The van der Waals surface area contributed by atoms with Gasteiger partial charge in [0.1, 0.15) is 0 Å². The Balaban J connectivity index is 0.00000320. The van der Waals surface area contributed by atoms with E-state index in [1.165, 1.54) is 5.56 Å². The fourth-order valence-electron chi connectivity index (χ4n) is 4.24. The summed E-state index contributed by atoms with van der Waals surface area (Å²) >= 11 is 2.06. The lowest BCUT2D eigenvalue weighted by Gasteiger charge is -2.41. The van der Waals surface area contributed by atoms with Crippen molar-refractivity contribution in [2.45, 2.75) is 56.9 Å². The van der Waals surface area contributed by atoms with Gasteiger partial charge in [0.25, 0.3) is 0 Å². The van der Waals surface area contributed by atoms with E-state index in [0.717, 1.165) is 63.9 Å². The average Bonchev–Trinajstić information content (AvgIpc) is 2.72. The number of thioether (sulfide) groups is 1. The lowest BCUT2D eigenvalue weighted by atomic mass is 9.88. The first-order chi connectivity index (χ1) is 13.9. The van der Waals surface area contributed by atoms with Crippen LogP contribution in [0.3, 0.4) is 0 Å². The van der Waals surface area contributed by atoms with E-state index in [0.29, 0.717) is 0 Å². The van der Waals surface area contributed by atoms with E-state index >= 15 is 0 Å². The van der Waals surface area contributed by atoms with Crippen molar-refractivity contribution >= 4 is 41.7 Å². The van der Waals surface area contributed by atoms with Crippen molar-refractivity contribution in [3.63, 3.8) is 0 Å². The second-order valence-electron chi connectivity index (χ2n) is 8.87. The van der Waals surface area contributed by atoms with E-state index in [4.69, 9.17) is 9.73 Å². The van der Waals surface area contributed by atoms with Gasteiger partial charge in [-0.05, 0) is 46.1 Å². The Bertz CT molecular complexity index is 664. The van der Waals surface area contributed by atoms with E-state index in [-0.39, 0.29) is 40.3 Å². The Kier molecular flexibility index (Phi) is 10.2. The number of guanidine groups is 1. The summed E-state index contributed by atoms with van der Waals surface area (Å²) in [5, 5.41) is 7.47. The van der Waals surface area contributed by atoms with Crippen LogP contribution in [-0.2, 0) is 4.74 Å². The van der Waals surface area contributed by atoms with Crippen molar-refractivity contribution in [2.24, 2.45) is 4.99 Å². The van der Waals surface area contributed by atoms with E-state index in [1.54, 1.807) is 0 Å². The molecule has 1 atom stereocenters. The maximum Gasteiger partial charge on any atom is 0.194 e. The fraction of sp³-hybridized carbons (Fsp3) is 0.696. The number of nitrogens with zero attached hydrogens (tertiary/aromatic N) is 2. The zero-order valence-corrected chi connectivity index (χ0v) is 22.1. The topological polar surface area (TPSA) is 48.9 Å². The third kappa shape index (κ3) is 7.28. The summed E-state index contributed by atoms with van der Waals surface area (Å²) in [6.07, 6.45) is 1.99. The minimum atomic E-state index is -0.0196. The van der Waals surface area contributed by atoms with E-state index < -0.39 is 0 Å². The molecule has 0 saturated carbocycles. The molecule has 0 aliphatic carbocycles. The van der Waals surface area contributed by atoms with Gasteiger partial charge < -0.3 is 20.3 Å². The molecular weight excluding hydrogens is 507 g/mol. The predicted molar refractivity (Wildman–Crippen MR) is 140 cm³/mol. The highest BCUT2D eigenvalue weighted by Gasteiger charge is 2.35. The number of hydrogen-bond donors (Lipinski definition) is 2. The van der Waals surface area contributed by atoms with Crippen molar-refractivity contribution < 1.29 is 4.74 Å². The Morgan fingerprint density at radius 1 is 1.23 bits per heavy atom. The van der Waals surface area contributed by atoms with Crippen LogP contribution in [0.2, 0.25) is 0 Å². The van der Waals surface area contributed by atoms with Gasteiger partial charge in [-0.2, -0.15) is 11.8 Å². The minimum absolute atomic E-state index is 0. The van der Waals surface area contributed by atoms with Crippen LogP contribution in [0.15, 0.2) is 35.3 Å². The second-order valence-corrected chi connectivity index (χ2v) is 10.7. The molecular formula is C23H39IN4OS. The molecule has 3 rings (SSSR count). The van der Waals surface area contributed by atoms with Gasteiger partial charge in [0.2, 0.25) is 0 Å². The molecule has 5 nitrogen and oxygen atoms in total. The fourth-order valence-corrected chi connectivity index (χ4v) is 5.36. The highest BCUT2D eigenvalue weighted by Crippen LogP contribution is 2.30. The summed E-state index contributed by atoms with van der Waals surface area (Å²) in [7, 11) is 0. The van der Waals surface area contributed by atoms with Gasteiger partial charge in [-0.1, -0.05) is 30.3 Å². The molecule has 0 bridgehead atoms. The minimum Gasteiger partial charge on any atom is -0.381 e. The molecule has 0 spiro atoms. The van der Waals surface area contributed by atoms with Gasteiger partial charge in [0.15, 0.2) is 5.96 Å². The standard InChI is InChI=1S/C23H38N4OS.HI/c1-5-24-21(27-13-16-29-22(3,4)18-27)25-17-23(11-14-28-15-12-23)26-19(2)20-9-7-6-8-10-20;/h6-10,19,26H,5,11-18H2,1-4H3,(H,24,25);1H. The lowest BCUT2D eigenvalue weighted by molar-refractivity contribution is 0.0373. The number of aliphatic imine (C=N–C) groups is 1. The SMILES string of the molecule is CCNC(=NCC1(NC(C)c2ccccc2)CCOCC1)N1CCSC(C)(C)C1.I. The third-order valence-corrected chi connectivity index (χ3v) is 7.16. The number of ether oxygens (including phenoxy) is 1. The maximum absolute atomic E-state index is 5.69. The first-order valence-electron chi connectivity index (χ1n) is 11.0. The molecule has 7 heteroatoms. The largest absolute Gasteiger partial charge is 0.381 e. The van der Waals surface area contributed by atoms with Crippen molar-refractivity contribution in [3.8, 4) is 0 Å². The molecule has 2 fully saturated rings. The molecule has 2 aliphatic rings. The number of rotatable bonds is 6. The molecule has 0 radical (unpaired) electrons. The Labute approximate surface area is 204 Å². The van der Waals surface area contributed by atoms with E-state index in [2.05, 4.69) is 85.3 Å². The van der Waals surface area contributed by atoms with E-state index in [9.17, 15) is 0 Å². The van der Waals surface area contributed by atoms with Crippen molar-refractivity contribution in [3.05, 3.63) is 35.9 Å². The molecule has 2 aliphatic heterocycles. The first-order valence-corrected chi connectivity index (χ1v) is 12.0. The van der Waals surface area contributed by atoms with Crippen LogP contribution in [0.4, 0.5) is 0 Å². The van der Waals surface area contributed by atoms with Crippen molar-refractivity contribution in [1.29, 1.82) is 0 Å². The van der Waals surface area contributed by atoms with Crippen LogP contribution in [0.25, 0.3) is 0 Å². The van der Waals surface area contributed by atoms with Gasteiger partial charge >= 0.3 is 0 Å². The van der Waals surface area contributed by atoms with Crippen LogP contribution in [-0.4, -0.2) is 66.3 Å². The second kappa shape index (κ2) is 11.9. The lowest BCUT2D eigenvalue weighted by Crippen LogP contribution is -2.54. The van der Waals surface area contributed by atoms with Gasteiger partial charge in [-0.25, -0.2) is 0 Å². The smallest absolute Gasteiger partial charge is 0.194 e. The van der Waals surface area contributed by atoms with Crippen molar-refractivity contribution in [2.75, 3.05) is 45.1 Å². The van der Waals surface area contributed by atoms with Crippen LogP contribution in [0.5, 0.6) is 0 Å². The summed E-state index contributed by atoms with van der Waals surface area (Å²) < 4.78 is 5.96. The van der Waals surface area contributed by atoms with Crippen LogP contribution in [0, 0.1) is 0 Å². The van der Waals surface area contributed by atoms with Crippen LogP contribution < -0.4 is 10.6 Å². The van der Waals surface area contributed by atoms with Crippen LogP contribution in [0.1, 0.15) is 52.1 Å². The number of halogens is 1. The van der Waals surface area contributed by atoms with E-state index in [1.807, 2.05) is 0 Å². The van der Waals surface area contributed by atoms with Gasteiger partial charge in [0.05, 0.1) is 6.54 Å². The maximum atomic E-state index is 5.69. The van der Waals surface area contributed by atoms with Gasteiger partial charge in [-0.3, -0.25) is 4.99 Å². The first kappa shape index (κ1) is 25.7. The Hall–Kier alpha value is -0.510. The third-order valence-electron chi connectivity index (χ3n) is 5.86. The normalized spacial score (nSPS) is 22.1. The zero-order chi connectivity index (χ0) is 20.7. The summed E-state index contributed by atoms with van der Waals surface area (Å²) in [4.78, 5) is 7.59. The monoisotopic (exact) mass is 546 g/mol. The molecule has 1 aromatic carbocycles. The quantitative estimate of drug-likeness (QED) is 0.317. The highest BCUT2D eigenvalue weighted by molar-refractivity contribution is 14.0. The predicted octanol–water partition coefficient (Wildman–Crippen LogP) is 4.30. The average molecular weight is 547 g/mol. The summed E-state index contributed by atoms with van der Waals surface area (Å²) in [6.45, 7) is 14.4. The summed E-state index contributed by atoms with van der Waals surface area (Å²) in [6, 6.07) is 11.0. The molecule has 0 amide bonds. The van der Waals surface area contributed by atoms with Crippen LogP contribution >= 0.6 is 35.7 Å². The summed E-state index contributed by atoms with van der Waals surface area (Å²) in [5.41, 5.74) is 1.30. The molecule has 0 aromatic heterocycles. The Morgan fingerprint density at radius 2 is 1.93 bits per heavy atom. The molecule has 2 N–H and O–H groups in total. The molecule has 170 valence electrons. The molecule has 1 aromatic rings. The molecule has 2 heterocycles. The van der Waals surface area contributed by atoms with Crippen molar-refractivity contribution in [1.82, 2.24) is 15.5 Å². The van der Waals surface area contributed by atoms with Gasteiger partial charge in [-0.15, -0.1) is 24.0 Å². The molecule has 1 unspecified atom stereocenters. The Morgan fingerprint density at radius 3 is 2.57 bits per heavy atom. The number of nitrogens with one attached hydrogen (secondary N) is 2.